The number of amides is 3. The lowest BCUT2D eigenvalue weighted by Gasteiger charge is -2.37. The van der Waals surface area contributed by atoms with Crippen LogP contribution in [0, 0.1) is 18.8 Å². The number of aliphatic hydroxyl groups is 1. The van der Waals surface area contributed by atoms with Crippen LogP contribution in [0.5, 0.6) is 5.75 Å². The summed E-state index contributed by atoms with van der Waals surface area (Å²) < 4.78 is 12.3. The van der Waals surface area contributed by atoms with E-state index in [-0.39, 0.29) is 5.91 Å². The summed E-state index contributed by atoms with van der Waals surface area (Å²) in [6, 6.07) is 19.5. The van der Waals surface area contributed by atoms with Gasteiger partial charge in [0.15, 0.2) is 0 Å². The first kappa shape index (κ1) is 30.1. The van der Waals surface area contributed by atoms with Gasteiger partial charge in [0.25, 0.3) is 0 Å². The Balaban J connectivity index is 1.40. The SMILES string of the molecule is CCOc1ccc(NC(=O)[C@@H]2[C@H]3C(=O)N([C@H](CO)c4ccccc4)C(C(=O)Nc4c(C)cccc4Cl)C34CC[C@@]2(C)O4)cc1. The molecule has 3 aromatic carbocycles. The zero-order valence-corrected chi connectivity index (χ0v) is 25.6. The first-order valence-corrected chi connectivity index (χ1v) is 15.3. The standard InChI is InChI=1S/C34H36ClN3O6/c1-4-43-23-15-13-22(14-16-23)36-30(40)26-27-32(42)38(25(19-39)21-10-6-5-7-11-21)29(34(27)18-17-33(26,3)44-34)31(41)37-28-20(2)9-8-12-24(28)35/h5-16,25-27,29,39H,4,17-19H2,1-3H3,(H,36,40)(H,37,41)/t25-,26+,27+,29?,33-,34?/m1/s1. The Morgan fingerprint density at radius 2 is 1.77 bits per heavy atom. The minimum absolute atomic E-state index is 0.361. The fourth-order valence-corrected chi connectivity index (χ4v) is 7.70. The third-order valence-electron chi connectivity index (χ3n) is 9.34. The molecule has 0 aromatic heterocycles. The molecule has 0 radical (unpaired) electrons. The Morgan fingerprint density at radius 3 is 2.43 bits per heavy atom. The van der Waals surface area contributed by atoms with Crippen molar-refractivity contribution in [1.82, 2.24) is 4.90 Å². The predicted molar refractivity (Wildman–Crippen MR) is 166 cm³/mol. The van der Waals surface area contributed by atoms with E-state index in [4.69, 9.17) is 21.1 Å². The number of hydrogen-bond donors (Lipinski definition) is 3. The maximum atomic E-state index is 14.6. The number of anilines is 2. The Bertz CT molecular complexity index is 1560. The van der Waals surface area contributed by atoms with Gasteiger partial charge >= 0.3 is 0 Å². The van der Waals surface area contributed by atoms with Crippen LogP contribution < -0.4 is 15.4 Å². The highest BCUT2D eigenvalue weighted by Crippen LogP contribution is 2.64. The summed E-state index contributed by atoms with van der Waals surface area (Å²) in [5.41, 5.74) is 0.171. The number of ether oxygens (including phenoxy) is 2. The normalized spacial score (nSPS) is 27.6. The lowest BCUT2D eigenvalue weighted by atomic mass is 9.66. The highest BCUT2D eigenvalue weighted by atomic mass is 35.5. The van der Waals surface area contributed by atoms with Gasteiger partial charge in [0.2, 0.25) is 17.7 Å². The Hall–Kier alpha value is -3.92. The van der Waals surface area contributed by atoms with Gasteiger partial charge in [-0.3, -0.25) is 14.4 Å². The maximum absolute atomic E-state index is 14.6. The number of aryl methyl sites for hydroxylation is 1. The molecule has 3 aromatic rings. The second-order valence-electron chi connectivity index (χ2n) is 11.9. The molecule has 10 heteroatoms. The van der Waals surface area contributed by atoms with Crippen LogP contribution in [-0.2, 0) is 19.1 Å². The van der Waals surface area contributed by atoms with Crippen LogP contribution in [0.1, 0.15) is 43.9 Å². The van der Waals surface area contributed by atoms with E-state index in [1.165, 1.54) is 4.90 Å². The van der Waals surface area contributed by atoms with Crippen molar-refractivity contribution < 1.29 is 29.0 Å². The number of carbonyl (C=O) groups is 3. The van der Waals surface area contributed by atoms with Crippen LogP contribution in [0.4, 0.5) is 11.4 Å². The minimum Gasteiger partial charge on any atom is -0.494 e. The first-order valence-electron chi connectivity index (χ1n) is 14.9. The molecular weight excluding hydrogens is 582 g/mol. The van der Waals surface area contributed by atoms with E-state index in [9.17, 15) is 19.5 Å². The van der Waals surface area contributed by atoms with Crippen LogP contribution in [0.25, 0.3) is 0 Å². The molecule has 3 heterocycles. The fraction of sp³-hybridized carbons (Fsp3) is 0.382. The fourth-order valence-electron chi connectivity index (χ4n) is 7.43. The van der Waals surface area contributed by atoms with Crippen molar-refractivity contribution in [1.29, 1.82) is 0 Å². The number of halogens is 1. The molecule has 2 unspecified atom stereocenters. The van der Waals surface area contributed by atoms with Crippen molar-refractivity contribution in [3.63, 3.8) is 0 Å². The molecule has 44 heavy (non-hydrogen) atoms. The van der Waals surface area contributed by atoms with Crippen LogP contribution in [0.3, 0.4) is 0 Å². The third kappa shape index (κ3) is 4.83. The second kappa shape index (κ2) is 11.5. The summed E-state index contributed by atoms with van der Waals surface area (Å²) in [6.07, 6.45) is 0.881. The van der Waals surface area contributed by atoms with Crippen LogP contribution in [0.2, 0.25) is 5.02 Å². The van der Waals surface area contributed by atoms with Crippen molar-refractivity contribution in [2.45, 2.75) is 56.9 Å². The Kier molecular flexibility index (Phi) is 7.90. The minimum atomic E-state index is -1.28. The highest BCUT2D eigenvalue weighted by Gasteiger charge is 2.78. The summed E-state index contributed by atoms with van der Waals surface area (Å²) in [6.45, 7) is 5.67. The van der Waals surface area contributed by atoms with E-state index in [0.29, 0.717) is 47.2 Å². The van der Waals surface area contributed by atoms with Crippen molar-refractivity contribution in [3.8, 4) is 5.75 Å². The van der Waals surface area contributed by atoms with Crippen LogP contribution >= 0.6 is 11.6 Å². The molecule has 6 atom stereocenters. The number of para-hydroxylation sites is 1. The van der Waals surface area contributed by atoms with Gasteiger partial charge in [-0.05, 0) is 75.1 Å². The van der Waals surface area contributed by atoms with Gasteiger partial charge in [0.1, 0.15) is 17.4 Å². The largest absolute Gasteiger partial charge is 0.494 e. The Morgan fingerprint density at radius 1 is 1.05 bits per heavy atom. The van der Waals surface area contributed by atoms with Gasteiger partial charge in [0, 0.05) is 5.69 Å². The number of nitrogens with zero attached hydrogens (tertiary/aromatic N) is 1. The molecule has 0 aliphatic carbocycles. The zero-order chi connectivity index (χ0) is 31.2. The smallest absolute Gasteiger partial charge is 0.250 e. The molecule has 230 valence electrons. The number of nitrogens with one attached hydrogen (secondary N) is 2. The summed E-state index contributed by atoms with van der Waals surface area (Å²) in [7, 11) is 0. The third-order valence-corrected chi connectivity index (χ3v) is 9.66. The molecular formula is C34H36ClN3O6. The predicted octanol–water partition coefficient (Wildman–Crippen LogP) is 5.12. The topological polar surface area (TPSA) is 117 Å². The van der Waals surface area contributed by atoms with Crippen LogP contribution in [0.15, 0.2) is 72.8 Å². The number of aliphatic hydroxyl groups excluding tert-OH is 1. The number of carbonyl (C=O) groups excluding carboxylic acids is 3. The lowest BCUT2D eigenvalue weighted by Crippen LogP contribution is -2.54. The number of hydrogen-bond acceptors (Lipinski definition) is 6. The summed E-state index contributed by atoms with van der Waals surface area (Å²) in [5.74, 6) is -2.38. The molecule has 2 bridgehead atoms. The molecule has 3 aliphatic rings. The van der Waals surface area contributed by atoms with Gasteiger partial charge in [-0.25, -0.2) is 0 Å². The second-order valence-corrected chi connectivity index (χ2v) is 12.4. The molecule has 0 saturated carbocycles. The molecule has 3 fully saturated rings. The van der Waals surface area contributed by atoms with E-state index in [1.54, 1.807) is 36.4 Å². The average molecular weight is 618 g/mol. The summed E-state index contributed by atoms with van der Waals surface area (Å²) >= 11 is 6.48. The molecule has 3 N–H and O–H groups in total. The van der Waals surface area contributed by atoms with E-state index in [2.05, 4.69) is 10.6 Å². The average Bonchev–Trinajstić information content (AvgIpc) is 3.58. The molecule has 1 spiro atoms. The number of likely N-dealkylation sites (tertiary alicyclic amines) is 1. The number of rotatable bonds is 9. The first-order chi connectivity index (χ1) is 21.1. The summed E-state index contributed by atoms with van der Waals surface area (Å²) in [5, 5.41) is 17.0. The van der Waals surface area contributed by atoms with Crippen LogP contribution in [-0.4, -0.2) is 58.2 Å². The van der Waals surface area contributed by atoms with E-state index >= 15 is 0 Å². The van der Waals surface area contributed by atoms with Crippen molar-refractivity contribution in [2.24, 2.45) is 11.8 Å². The molecule has 9 nitrogen and oxygen atoms in total. The highest BCUT2D eigenvalue weighted by molar-refractivity contribution is 6.34. The quantitative estimate of drug-likeness (QED) is 0.307. The van der Waals surface area contributed by atoms with Gasteiger partial charge in [0.05, 0.1) is 47.4 Å². The number of fused-ring (bicyclic) bond motifs is 1. The molecule has 3 amide bonds. The van der Waals surface area contributed by atoms with E-state index < -0.39 is 53.5 Å². The zero-order valence-electron chi connectivity index (χ0n) is 24.9. The lowest BCUT2D eigenvalue weighted by molar-refractivity contribution is -0.147. The Labute approximate surface area is 261 Å². The monoisotopic (exact) mass is 617 g/mol. The number of benzene rings is 3. The molecule has 3 saturated heterocycles. The summed E-state index contributed by atoms with van der Waals surface area (Å²) in [4.78, 5) is 44.4. The van der Waals surface area contributed by atoms with Crippen molar-refractivity contribution in [2.75, 3.05) is 23.8 Å². The molecule has 6 rings (SSSR count). The van der Waals surface area contributed by atoms with Gasteiger partial charge in [-0.15, -0.1) is 0 Å². The van der Waals surface area contributed by atoms with Gasteiger partial charge < -0.3 is 30.1 Å². The van der Waals surface area contributed by atoms with E-state index in [1.807, 2.05) is 57.2 Å². The maximum Gasteiger partial charge on any atom is 0.250 e. The van der Waals surface area contributed by atoms with Gasteiger partial charge in [-0.2, -0.15) is 0 Å². The van der Waals surface area contributed by atoms with Crippen molar-refractivity contribution in [3.05, 3.63) is 88.9 Å². The van der Waals surface area contributed by atoms with Gasteiger partial charge in [-0.1, -0.05) is 54.1 Å². The molecule has 3 aliphatic heterocycles. The van der Waals surface area contributed by atoms with Crippen molar-refractivity contribution >= 4 is 40.7 Å². The van der Waals surface area contributed by atoms with E-state index in [0.717, 1.165) is 5.56 Å².